The molecule has 0 bridgehead atoms. The Bertz CT molecular complexity index is 1040. The van der Waals surface area contributed by atoms with Gasteiger partial charge in [0.2, 0.25) is 0 Å². The van der Waals surface area contributed by atoms with Crippen molar-refractivity contribution in [3.8, 4) is 10.6 Å². The van der Waals surface area contributed by atoms with Crippen LogP contribution in [0.15, 0.2) is 72.8 Å². The van der Waals surface area contributed by atoms with Crippen LogP contribution in [0.5, 0.6) is 0 Å². The fourth-order valence-electron chi connectivity index (χ4n) is 2.60. The van der Waals surface area contributed by atoms with E-state index in [2.05, 4.69) is 10.3 Å². The van der Waals surface area contributed by atoms with Gasteiger partial charge in [-0.3, -0.25) is 4.79 Å². The van der Waals surface area contributed by atoms with Gasteiger partial charge in [-0.25, -0.2) is 4.98 Å². The van der Waals surface area contributed by atoms with Crippen LogP contribution in [0.25, 0.3) is 20.8 Å². The monoisotopic (exact) mass is 364 g/mol. The Morgan fingerprint density at radius 1 is 0.920 bits per heavy atom. The predicted octanol–water partition coefficient (Wildman–Crippen LogP) is 5.87. The molecular weight excluding hydrogens is 352 g/mol. The highest BCUT2D eigenvalue weighted by atomic mass is 35.5. The number of carbonyl (C=O) groups excluding carboxylic acids is 1. The van der Waals surface area contributed by atoms with E-state index in [1.807, 2.05) is 48.5 Å². The standard InChI is InChI=1S/C20H13ClN2OS/c21-15-9-3-1-7-13(15)19(24)22-16-10-4-2-8-14(16)20-23-17-11-5-6-12-18(17)25-20/h1-12H,(H,22,24). The average Bonchev–Trinajstić information content (AvgIpc) is 3.06. The topological polar surface area (TPSA) is 42.0 Å². The van der Waals surface area contributed by atoms with Gasteiger partial charge in [0.15, 0.2) is 0 Å². The molecule has 4 rings (SSSR count). The number of nitrogens with one attached hydrogen (secondary N) is 1. The third kappa shape index (κ3) is 3.14. The molecule has 1 amide bonds. The Kier molecular flexibility index (Phi) is 4.22. The molecule has 25 heavy (non-hydrogen) atoms. The highest BCUT2D eigenvalue weighted by Crippen LogP contribution is 2.34. The molecule has 1 heterocycles. The number of rotatable bonds is 3. The molecule has 0 spiro atoms. The summed E-state index contributed by atoms with van der Waals surface area (Å²) >= 11 is 7.73. The van der Waals surface area contributed by atoms with Crippen LogP contribution < -0.4 is 5.32 Å². The van der Waals surface area contributed by atoms with Crippen LogP contribution in [0.1, 0.15) is 10.4 Å². The van der Waals surface area contributed by atoms with Gasteiger partial charge in [-0.05, 0) is 36.4 Å². The minimum Gasteiger partial charge on any atom is -0.321 e. The molecule has 3 nitrogen and oxygen atoms in total. The summed E-state index contributed by atoms with van der Waals surface area (Å²) < 4.78 is 1.12. The number of thiazole rings is 1. The number of fused-ring (bicyclic) bond motifs is 1. The third-order valence-electron chi connectivity index (χ3n) is 3.82. The number of halogens is 1. The van der Waals surface area contributed by atoms with Crippen molar-refractivity contribution in [3.05, 3.63) is 83.4 Å². The maximum atomic E-state index is 12.6. The van der Waals surface area contributed by atoms with E-state index in [4.69, 9.17) is 11.6 Å². The number of anilines is 1. The molecular formula is C20H13ClN2OS. The van der Waals surface area contributed by atoms with Crippen LogP contribution in [0.3, 0.4) is 0 Å². The number of nitrogens with zero attached hydrogens (tertiary/aromatic N) is 1. The number of hydrogen-bond donors (Lipinski definition) is 1. The first-order chi connectivity index (χ1) is 12.2. The molecule has 0 aliphatic carbocycles. The molecule has 5 heteroatoms. The van der Waals surface area contributed by atoms with Crippen molar-refractivity contribution in [1.82, 2.24) is 4.98 Å². The number of para-hydroxylation sites is 2. The lowest BCUT2D eigenvalue weighted by Crippen LogP contribution is -2.13. The third-order valence-corrected chi connectivity index (χ3v) is 5.22. The summed E-state index contributed by atoms with van der Waals surface area (Å²) in [5.74, 6) is -0.237. The van der Waals surface area contributed by atoms with E-state index in [0.717, 1.165) is 20.8 Å². The molecule has 122 valence electrons. The molecule has 0 aliphatic rings. The maximum absolute atomic E-state index is 12.6. The molecule has 0 fully saturated rings. The Hall–Kier alpha value is -2.69. The van der Waals surface area contributed by atoms with E-state index < -0.39 is 0 Å². The first kappa shape index (κ1) is 15.8. The van der Waals surface area contributed by atoms with Gasteiger partial charge in [0.25, 0.3) is 5.91 Å². The summed E-state index contributed by atoms with van der Waals surface area (Å²) in [6.07, 6.45) is 0. The number of hydrogen-bond acceptors (Lipinski definition) is 3. The van der Waals surface area contributed by atoms with Gasteiger partial charge in [0, 0.05) is 5.56 Å². The van der Waals surface area contributed by atoms with Gasteiger partial charge < -0.3 is 5.32 Å². The molecule has 0 atom stereocenters. The minimum absolute atomic E-state index is 0.237. The lowest BCUT2D eigenvalue weighted by molar-refractivity contribution is 0.102. The Morgan fingerprint density at radius 3 is 2.48 bits per heavy atom. The summed E-state index contributed by atoms with van der Waals surface area (Å²) in [6.45, 7) is 0. The minimum atomic E-state index is -0.237. The Labute approximate surface area is 153 Å². The van der Waals surface area contributed by atoms with Crippen molar-refractivity contribution in [2.45, 2.75) is 0 Å². The van der Waals surface area contributed by atoms with Crippen LogP contribution in [0.4, 0.5) is 5.69 Å². The van der Waals surface area contributed by atoms with Crippen molar-refractivity contribution < 1.29 is 4.79 Å². The van der Waals surface area contributed by atoms with Crippen molar-refractivity contribution >= 4 is 44.7 Å². The van der Waals surface area contributed by atoms with Gasteiger partial charge in [-0.15, -0.1) is 11.3 Å². The van der Waals surface area contributed by atoms with E-state index >= 15 is 0 Å². The van der Waals surface area contributed by atoms with Crippen LogP contribution in [-0.4, -0.2) is 10.9 Å². The average molecular weight is 365 g/mol. The number of amides is 1. The van der Waals surface area contributed by atoms with Crippen LogP contribution in [0, 0.1) is 0 Å². The van der Waals surface area contributed by atoms with Crippen LogP contribution in [-0.2, 0) is 0 Å². The summed E-state index contributed by atoms with van der Waals surface area (Å²) in [7, 11) is 0. The lowest BCUT2D eigenvalue weighted by Gasteiger charge is -2.10. The van der Waals surface area contributed by atoms with E-state index in [0.29, 0.717) is 16.3 Å². The van der Waals surface area contributed by atoms with Gasteiger partial charge >= 0.3 is 0 Å². The van der Waals surface area contributed by atoms with E-state index in [1.165, 1.54) is 0 Å². The van der Waals surface area contributed by atoms with Crippen molar-refractivity contribution in [2.24, 2.45) is 0 Å². The van der Waals surface area contributed by atoms with E-state index in [9.17, 15) is 4.79 Å². The van der Waals surface area contributed by atoms with Gasteiger partial charge in [-0.2, -0.15) is 0 Å². The summed E-state index contributed by atoms with van der Waals surface area (Å²) in [4.78, 5) is 17.3. The van der Waals surface area contributed by atoms with Crippen LogP contribution in [0.2, 0.25) is 5.02 Å². The zero-order valence-electron chi connectivity index (χ0n) is 13.1. The SMILES string of the molecule is O=C(Nc1ccccc1-c1nc2ccccc2s1)c1ccccc1Cl. The molecule has 0 unspecified atom stereocenters. The lowest BCUT2D eigenvalue weighted by atomic mass is 10.1. The second kappa shape index (κ2) is 6.67. The molecule has 0 aliphatic heterocycles. The van der Waals surface area contributed by atoms with Crippen molar-refractivity contribution in [3.63, 3.8) is 0 Å². The normalized spacial score (nSPS) is 10.8. The van der Waals surface area contributed by atoms with Gasteiger partial charge in [-0.1, -0.05) is 48.0 Å². The molecule has 1 aromatic heterocycles. The van der Waals surface area contributed by atoms with Crippen molar-refractivity contribution in [2.75, 3.05) is 5.32 Å². The molecule has 0 saturated carbocycles. The smallest absolute Gasteiger partial charge is 0.257 e. The summed E-state index contributed by atoms with van der Waals surface area (Å²) in [5.41, 5.74) is 3.01. The summed E-state index contributed by atoms with van der Waals surface area (Å²) in [5, 5.41) is 4.25. The first-order valence-electron chi connectivity index (χ1n) is 7.73. The fourth-order valence-corrected chi connectivity index (χ4v) is 3.83. The van der Waals surface area contributed by atoms with Crippen molar-refractivity contribution in [1.29, 1.82) is 0 Å². The van der Waals surface area contributed by atoms with Crippen LogP contribution >= 0.6 is 22.9 Å². The molecule has 3 aromatic carbocycles. The first-order valence-corrected chi connectivity index (χ1v) is 8.93. The van der Waals surface area contributed by atoms with E-state index in [-0.39, 0.29) is 5.91 Å². The Morgan fingerprint density at radius 2 is 1.64 bits per heavy atom. The fraction of sp³-hybridized carbons (Fsp3) is 0. The second-order valence-corrected chi connectivity index (χ2v) is 6.90. The number of carbonyl (C=O) groups is 1. The predicted molar refractivity (Wildman–Crippen MR) is 104 cm³/mol. The zero-order valence-corrected chi connectivity index (χ0v) is 14.6. The molecule has 0 radical (unpaired) electrons. The molecule has 0 saturated heterocycles. The van der Waals surface area contributed by atoms with E-state index in [1.54, 1.807) is 35.6 Å². The highest BCUT2D eigenvalue weighted by molar-refractivity contribution is 7.21. The largest absolute Gasteiger partial charge is 0.321 e. The second-order valence-electron chi connectivity index (χ2n) is 5.47. The number of benzene rings is 3. The highest BCUT2D eigenvalue weighted by Gasteiger charge is 2.14. The maximum Gasteiger partial charge on any atom is 0.257 e. The number of aromatic nitrogens is 1. The summed E-state index contributed by atoms with van der Waals surface area (Å²) in [6, 6.07) is 22.7. The molecule has 4 aromatic rings. The Balaban J connectivity index is 1.72. The van der Waals surface area contributed by atoms with Gasteiger partial charge in [0.1, 0.15) is 5.01 Å². The zero-order chi connectivity index (χ0) is 17.2. The quantitative estimate of drug-likeness (QED) is 0.494. The van der Waals surface area contributed by atoms with Gasteiger partial charge in [0.05, 0.1) is 26.5 Å². The molecule has 1 N–H and O–H groups in total.